The van der Waals surface area contributed by atoms with Gasteiger partial charge in [0, 0.05) is 24.5 Å². The predicted octanol–water partition coefficient (Wildman–Crippen LogP) is 5.04. The molecule has 0 unspecified atom stereocenters. The van der Waals surface area contributed by atoms with Crippen molar-refractivity contribution in [2.45, 2.75) is 58.8 Å². The summed E-state index contributed by atoms with van der Waals surface area (Å²) < 4.78 is 0. The summed E-state index contributed by atoms with van der Waals surface area (Å²) in [6.07, 6.45) is 8.16. The Labute approximate surface area is 139 Å². The molecule has 0 aliphatic rings. The normalized spacial score (nSPS) is 11.0. The van der Waals surface area contributed by atoms with Crippen molar-refractivity contribution in [3.8, 4) is 11.5 Å². The molecule has 2 rings (SSSR count). The van der Waals surface area contributed by atoms with Gasteiger partial charge < -0.3 is 5.32 Å². The molecule has 0 saturated heterocycles. The fourth-order valence-electron chi connectivity index (χ4n) is 2.41. The third-order valence-electron chi connectivity index (χ3n) is 3.82. The van der Waals surface area contributed by atoms with E-state index in [9.17, 15) is 0 Å². The average Bonchev–Trinajstić information content (AvgIpc) is 2.58. The monoisotopic (exact) mass is 312 g/mol. The maximum atomic E-state index is 4.66. The van der Waals surface area contributed by atoms with Crippen molar-refractivity contribution in [2.24, 2.45) is 0 Å². The molecule has 4 nitrogen and oxygen atoms in total. The fraction of sp³-hybridized carbons (Fsp3) is 0.526. The first-order valence-electron chi connectivity index (χ1n) is 8.75. The molecule has 2 aromatic rings. The maximum absolute atomic E-state index is 4.66. The summed E-state index contributed by atoms with van der Waals surface area (Å²) in [7, 11) is 0. The highest BCUT2D eigenvalue weighted by molar-refractivity contribution is 5.53. The molecule has 0 spiro atoms. The molecule has 0 saturated carbocycles. The van der Waals surface area contributed by atoms with Crippen molar-refractivity contribution in [3.05, 3.63) is 36.2 Å². The lowest BCUT2D eigenvalue weighted by Crippen LogP contribution is -2.07. The SMILES string of the molecule is CCCCCCCNc1cc(C(C)C)nc(-c2ccccn2)n1. The van der Waals surface area contributed by atoms with Gasteiger partial charge in [-0.25, -0.2) is 9.97 Å². The lowest BCUT2D eigenvalue weighted by atomic mass is 10.1. The summed E-state index contributed by atoms with van der Waals surface area (Å²) in [4.78, 5) is 13.7. The molecule has 2 aromatic heterocycles. The lowest BCUT2D eigenvalue weighted by Gasteiger charge is -2.11. The Kier molecular flexibility index (Phi) is 6.98. The average molecular weight is 312 g/mol. The molecule has 0 amide bonds. The van der Waals surface area contributed by atoms with E-state index in [0.717, 1.165) is 23.8 Å². The van der Waals surface area contributed by atoms with Crippen molar-refractivity contribution in [1.29, 1.82) is 0 Å². The van der Waals surface area contributed by atoms with Crippen LogP contribution in [-0.4, -0.2) is 21.5 Å². The molecule has 4 heteroatoms. The highest BCUT2D eigenvalue weighted by Crippen LogP contribution is 2.20. The molecule has 0 atom stereocenters. The first-order chi connectivity index (χ1) is 11.2. The lowest BCUT2D eigenvalue weighted by molar-refractivity contribution is 0.644. The minimum absolute atomic E-state index is 0.366. The Bertz CT molecular complexity index is 581. The number of nitrogens with one attached hydrogen (secondary N) is 1. The van der Waals surface area contributed by atoms with E-state index in [0.29, 0.717) is 11.7 Å². The van der Waals surface area contributed by atoms with E-state index in [2.05, 4.69) is 47.1 Å². The van der Waals surface area contributed by atoms with Gasteiger partial charge in [-0.3, -0.25) is 4.98 Å². The van der Waals surface area contributed by atoms with Crippen LogP contribution in [0.4, 0.5) is 5.82 Å². The molecule has 23 heavy (non-hydrogen) atoms. The van der Waals surface area contributed by atoms with E-state index < -0.39 is 0 Å². The summed E-state index contributed by atoms with van der Waals surface area (Å²) in [5.74, 6) is 1.97. The van der Waals surface area contributed by atoms with Crippen molar-refractivity contribution in [2.75, 3.05) is 11.9 Å². The number of nitrogens with zero attached hydrogens (tertiary/aromatic N) is 3. The number of hydrogen-bond donors (Lipinski definition) is 1. The van der Waals surface area contributed by atoms with E-state index >= 15 is 0 Å². The second-order valence-electron chi connectivity index (χ2n) is 6.21. The summed E-state index contributed by atoms with van der Waals surface area (Å²) in [5, 5.41) is 3.45. The van der Waals surface area contributed by atoms with Gasteiger partial charge in [0.2, 0.25) is 0 Å². The van der Waals surface area contributed by atoms with Gasteiger partial charge in [0.25, 0.3) is 0 Å². The first kappa shape index (κ1) is 17.4. The summed E-state index contributed by atoms with van der Waals surface area (Å²) >= 11 is 0. The second kappa shape index (κ2) is 9.23. The van der Waals surface area contributed by atoms with Gasteiger partial charge in [0.1, 0.15) is 11.5 Å². The Morgan fingerprint density at radius 1 is 1.04 bits per heavy atom. The van der Waals surface area contributed by atoms with Gasteiger partial charge in [-0.15, -0.1) is 0 Å². The molecule has 2 heterocycles. The van der Waals surface area contributed by atoms with Crippen LogP contribution in [0.15, 0.2) is 30.5 Å². The first-order valence-corrected chi connectivity index (χ1v) is 8.75. The molecule has 0 aliphatic carbocycles. The Morgan fingerprint density at radius 2 is 1.87 bits per heavy atom. The van der Waals surface area contributed by atoms with E-state index in [1.807, 2.05) is 18.2 Å². The van der Waals surface area contributed by atoms with Gasteiger partial charge >= 0.3 is 0 Å². The zero-order valence-corrected chi connectivity index (χ0v) is 14.5. The molecule has 1 N–H and O–H groups in total. The van der Waals surface area contributed by atoms with Gasteiger partial charge in [-0.1, -0.05) is 52.5 Å². The minimum atomic E-state index is 0.366. The van der Waals surface area contributed by atoms with Crippen LogP contribution < -0.4 is 5.32 Å². The number of unbranched alkanes of at least 4 members (excludes halogenated alkanes) is 4. The summed E-state index contributed by atoms with van der Waals surface area (Å²) in [5.41, 5.74) is 1.87. The highest BCUT2D eigenvalue weighted by atomic mass is 15.0. The Balaban J connectivity index is 2.05. The zero-order chi connectivity index (χ0) is 16.5. The van der Waals surface area contributed by atoms with Crippen LogP contribution in [-0.2, 0) is 0 Å². The van der Waals surface area contributed by atoms with Crippen molar-refractivity contribution < 1.29 is 0 Å². The molecule has 0 aromatic carbocycles. The van der Waals surface area contributed by atoms with Crippen LogP contribution >= 0.6 is 0 Å². The Morgan fingerprint density at radius 3 is 2.57 bits per heavy atom. The second-order valence-corrected chi connectivity index (χ2v) is 6.21. The minimum Gasteiger partial charge on any atom is -0.370 e. The highest BCUT2D eigenvalue weighted by Gasteiger charge is 2.10. The molecule has 0 radical (unpaired) electrons. The largest absolute Gasteiger partial charge is 0.370 e. The van der Waals surface area contributed by atoms with Crippen molar-refractivity contribution in [1.82, 2.24) is 15.0 Å². The van der Waals surface area contributed by atoms with E-state index in [-0.39, 0.29) is 0 Å². The van der Waals surface area contributed by atoms with Crippen LogP contribution in [0.1, 0.15) is 64.5 Å². The standard InChI is InChI=1S/C19H28N4/c1-4-5-6-7-9-13-21-18-14-17(15(2)3)22-19(23-18)16-11-8-10-12-20-16/h8,10-12,14-15H,4-7,9,13H2,1-3H3,(H,21,22,23). The quantitative estimate of drug-likeness (QED) is 0.659. The van der Waals surface area contributed by atoms with Crippen LogP contribution in [0.2, 0.25) is 0 Å². The molecular weight excluding hydrogens is 284 g/mol. The fourth-order valence-corrected chi connectivity index (χ4v) is 2.41. The van der Waals surface area contributed by atoms with Crippen molar-refractivity contribution >= 4 is 5.82 Å². The van der Waals surface area contributed by atoms with E-state index in [1.54, 1.807) is 6.20 Å². The third-order valence-corrected chi connectivity index (χ3v) is 3.82. The van der Waals surface area contributed by atoms with Gasteiger partial charge in [-0.05, 0) is 24.5 Å². The number of rotatable bonds is 9. The molecule has 0 fully saturated rings. The van der Waals surface area contributed by atoms with Crippen molar-refractivity contribution in [3.63, 3.8) is 0 Å². The molecule has 124 valence electrons. The predicted molar refractivity (Wildman–Crippen MR) is 96.6 cm³/mol. The zero-order valence-electron chi connectivity index (χ0n) is 14.5. The van der Waals surface area contributed by atoms with Crippen LogP contribution in [0.5, 0.6) is 0 Å². The molecule has 0 bridgehead atoms. The van der Waals surface area contributed by atoms with Crippen LogP contribution in [0, 0.1) is 0 Å². The van der Waals surface area contributed by atoms with Crippen LogP contribution in [0.25, 0.3) is 11.5 Å². The van der Waals surface area contributed by atoms with Crippen LogP contribution in [0.3, 0.4) is 0 Å². The third kappa shape index (κ3) is 5.62. The topological polar surface area (TPSA) is 50.7 Å². The smallest absolute Gasteiger partial charge is 0.180 e. The number of pyridine rings is 1. The number of aromatic nitrogens is 3. The Hall–Kier alpha value is -1.97. The summed E-state index contributed by atoms with van der Waals surface area (Å²) in [6, 6.07) is 7.89. The van der Waals surface area contributed by atoms with Gasteiger partial charge in [0.05, 0.1) is 0 Å². The van der Waals surface area contributed by atoms with E-state index in [1.165, 1.54) is 32.1 Å². The molecular formula is C19H28N4. The summed E-state index contributed by atoms with van der Waals surface area (Å²) in [6.45, 7) is 7.50. The van der Waals surface area contributed by atoms with Gasteiger partial charge in [0.15, 0.2) is 5.82 Å². The number of hydrogen-bond acceptors (Lipinski definition) is 4. The molecule has 0 aliphatic heterocycles. The van der Waals surface area contributed by atoms with Gasteiger partial charge in [-0.2, -0.15) is 0 Å². The van der Waals surface area contributed by atoms with E-state index in [4.69, 9.17) is 0 Å². The maximum Gasteiger partial charge on any atom is 0.180 e. The number of anilines is 1.